The Balaban J connectivity index is 1.79. The molecule has 1 aliphatic heterocycles. The van der Waals surface area contributed by atoms with Gasteiger partial charge in [0.05, 0.1) is 16.6 Å². The number of hydrogen-bond donors (Lipinski definition) is 2. The van der Waals surface area contributed by atoms with Crippen LogP contribution in [0.2, 0.25) is 0 Å². The van der Waals surface area contributed by atoms with Gasteiger partial charge in [0.15, 0.2) is 5.65 Å². The maximum atomic E-state index is 13.2. The Labute approximate surface area is 167 Å². The zero-order valence-electron chi connectivity index (χ0n) is 15.9. The van der Waals surface area contributed by atoms with Gasteiger partial charge in [-0.15, -0.1) is 0 Å². The van der Waals surface area contributed by atoms with Gasteiger partial charge in [0.25, 0.3) is 10.0 Å². The van der Waals surface area contributed by atoms with Crippen LogP contribution in [0.5, 0.6) is 0 Å². The molecule has 0 amide bonds. The van der Waals surface area contributed by atoms with E-state index < -0.39 is 16.1 Å². The Kier molecular flexibility index (Phi) is 4.19. The molecule has 1 aromatic carbocycles. The van der Waals surface area contributed by atoms with E-state index in [-0.39, 0.29) is 10.9 Å². The van der Waals surface area contributed by atoms with Gasteiger partial charge >= 0.3 is 0 Å². The molecule has 0 unspecified atom stereocenters. The molecule has 2 N–H and O–H groups in total. The van der Waals surface area contributed by atoms with Gasteiger partial charge in [-0.05, 0) is 38.1 Å². The first-order valence-corrected chi connectivity index (χ1v) is 11.0. The summed E-state index contributed by atoms with van der Waals surface area (Å²) in [5.74, 6) is 0.571. The number of aliphatic hydroxyl groups is 1. The third-order valence-corrected chi connectivity index (χ3v) is 7.11. The lowest BCUT2D eigenvalue weighted by Crippen LogP contribution is -2.17. The number of hydrogen-bond acceptors (Lipinski definition) is 6. The van der Waals surface area contributed by atoms with Crippen LogP contribution < -0.4 is 5.32 Å². The van der Waals surface area contributed by atoms with Crippen LogP contribution in [0.25, 0.3) is 22.1 Å². The van der Waals surface area contributed by atoms with Crippen molar-refractivity contribution in [2.24, 2.45) is 0 Å². The Morgan fingerprint density at radius 1 is 1.24 bits per heavy atom. The Morgan fingerprint density at radius 3 is 2.72 bits per heavy atom. The third kappa shape index (κ3) is 2.77. The summed E-state index contributed by atoms with van der Waals surface area (Å²) in [6.07, 6.45) is 3.29. The van der Waals surface area contributed by atoms with E-state index in [4.69, 9.17) is 0 Å². The van der Waals surface area contributed by atoms with Crippen LogP contribution in [-0.2, 0) is 10.0 Å². The van der Waals surface area contributed by atoms with E-state index in [0.29, 0.717) is 22.4 Å². The second-order valence-electron chi connectivity index (χ2n) is 7.32. The van der Waals surface area contributed by atoms with Crippen LogP contribution in [0.15, 0.2) is 53.7 Å². The minimum Gasteiger partial charge on any atom is -0.385 e. The molecule has 4 aromatic rings. The van der Waals surface area contributed by atoms with Gasteiger partial charge in [0.2, 0.25) is 0 Å². The molecular formula is C20H21N5O3S. The lowest BCUT2D eigenvalue weighted by Gasteiger charge is -2.17. The van der Waals surface area contributed by atoms with Crippen molar-refractivity contribution in [3.8, 4) is 0 Å². The molecule has 0 aliphatic carbocycles. The van der Waals surface area contributed by atoms with E-state index in [0.717, 1.165) is 25.0 Å². The van der Waals surface area contributed by atoms with Crippen LogP contribution in [0.4, 0.5) is 0 Å². The number of aromatic nitrogens is 4. The second kappa shape index (κ2) is 6.65. The normalized spacial score (nSPS) is 18.6. The molecule has 150 valence electrons. The van der Waals surface area contributed by atoms with Crippen LogP contribution in [-0.4, -0.2) is 45.1 Å². The highest BCUT2D eigenvalue weighted by molar-refractivity contribution is 7.90. The van der Waals surface area contributed by atoms with Crippen LogP contribution >= 0.6 is 0 Å². The molecule has 1 aliphatic rings. The molecule has 0 radical (unpaired) electrons. The fraction of sp³-hybridized carbons (Fsp3) is 0.300. The second-order valence-corrected chi connectivity index (χ2v) is 9.14. The molecule has 0 spiro atoms. The summed E-state index contributed by atoms with van der Waals surface area (Å²) < 4.78 is 29.6. The molecule has 8 nitrogen and oxygen atoms in total. The quantitative estimate of drug-likeness (QED) is 0.534. The lowest BCUT2D eigenvalue weighted by molar-refractivity contribution is 0.182. The zero-order valence-corrected chi connectivity index (χ0v) is 16.7. The maximum Gasteiger partial charge on any atom is 0.269 e. The summed E-state index contributed by atoms with van der Waals surface area (Å²) in [6.45, 7) is 3.36. The molecular weight excluding hydrogens is 390 g/mol. The van der Waals surface area contributed by atoms with Crippen LogP contribution in [0.1, 0.15) is 31.3 Å². The van der Waals surface area contributed by atoms with Gasteiger partial charge in [-0.1, -0.05) is 18.2 Å². The van der Waals surface area contributed by atoms with Gasteiger partial charge in [0, 0.05) is 24.2 Å². The maximum absolute atomic E-state index is 13.2. The summed E-state index contributed by atoms with van der Waals surface area (Å²) in [5, 5.41) is 14.3. The lowest BCUT2D eigenvalue weighted by atomic mass is 10.2. The largest absolute Gasteiger partial charge is 0.385 e. The highest BCUT2D eigenvalue weighted by Gasteiger charge is 2.27. The van der Waals surface area contributed by atoms with E-state index in [1.165, 1.54) is 10.2 Å². The predicted octanol–water partition coefficient (Wildman–Crippen LogP) is 2.21. The van der Waals surface area contributed by atoms with E-state index >= 15 is 0 Å². The van der Waals surface area contributed by atoms with Crippen molar-refractivity contribution in [3.63, 3.8) is 0 Å². The first-order valence-electron chi connectivity index (χ1n) is 9.56. The van der Waals surface area contributed by atoms with Crippen molar-refractivity contribution >= 4 is 32.1 Å². The van der Waals surface area contributed by atoms with Gasteiger partial charge in [0.1, 0.15) is 17.4 Å². The van der Waals surface area contributed by atoms with Crippen molar-refractivity contribution in [3.05, 3.63) is 54.6 Å². The SMILES string of the molecule is C[C@@H](O)c1nc2cnc3c(ccn3S(=O)(=O)c3ccccc3)c2n1[C@@H]1CCNC1. The van der Waals surface area contributed by atoms with Gasteiger partial charge < -0.3 is 15.0 Å². The number of imidazole rings is 1. The first-order chi connectivity index (χ1) is 14.0. The number of nitrogens with zero attached hydrogens (tertiary/aromatic N) is 4. The molecule has 3 aromatic heterocycles. The molecule has 2 atom stereocenters. The molecule has 4 heterocycles. The molecule has 0 saturated carbocycles. The van der Waals surface area contributed by atoms with Gasteiger partial charge in [-0.3, -0.25) is 0 Å². The molecule has 0 bridgehead atoms. The summed E-state index contributed by atoms with van der Waals surface area (Å²) in [6, 6.07) is 10.2. The fourth-order valence-corrected chi connectivity index (χ4v) is 5.41. The van der Waals surface area contributed by atoms with Crippen LogP contribution in [0.3, 0.4) is 0 Å². The number of nitrogens with one attached hydrogen (secondary N) is 1. The topological polar surface area (TPSA) is 102 Å². The minimum atomic E-state index is -3.77. The summed E-state index contributed by atoms with van der Waals surface area (Å²) in [5.41, 5.74) is 1.81. The van der Waals surface area contributed by atoms with E-state index in [1.807, 2.05) is 4.57 Å². The van der Waals surface area contributed by atoms with Crippen molar-refractivity contribution in [2.75, 3.05) is 13.1 Å². The fourth-order valence-electron chi connectivity index (χ4n) is 4.09. The molecule has 29 heavy (non-hydrogen) atoms. The Hall–Kier alpha value is -2.75. The summed E-state index contributed by atoms with van der Waals surface area (Å²) in [7, 11) is -3.77. The zero-order chi connectivity index (χ0) is 20.2. The summed E-state index contributed by atoms with van der Waals surface area (Å²) >= 11 is 0. The molecule has 1 saturated heterocycles. The third-order valence-electron chi connectivity index (χ3n) is 5.43. The van der Waals surface area contributed by atoms with Crippen molar-refractivity contribution < 1.29 is 13.5 Å². The van der Waals surface area contributed by atoms with Gasteiger partial charge in [-0.2, -0.15) is 0 Å². The number of fused-ring (bicyclic) bond motifs is 3. The Bertz CT molecular complexity index is 1300. The van der Waals surface area contributed by atoms with Crippen molar-refractivity contribution in [2.45, 2.75) is 30.4 Å². The van der Waals surface area contributed by atoms with E-state index in [9.17, 15) is 13.5 Å². The predicted molar refractivity (Wildman–Crippen MR) is 109 cm³/mol. The average Bonchev–Trinajstić information content (AvgIpc) is 3.44. The van der Waals surface area contributed by atoms with E-state index in [1.54, 1.807) is 49.5 Å². The Morgan fingerprint density at radius 2 is 2.03 bits per heavy atom. The van der Waals surface area contributed by atoms with E-state index in [2.05, 4.69) is 15.3 Å². The number of benzene rings is 1. The van der Waals surface area contributed by atoms with Crippen LogP contribution in [0, 0.1) is 0 Å². The highest BCUT2D eigenvalue weighted by atomic mass is 32.2. The smallest absolute Gasteiger partial charge is 0.269 e. The average molecular weight is 411 g/mol. The summed E-state index contributed by atoms with van der Waals surface area (Å²) in [4.78, 5) is 9.22. The number of rotatable bonds is 4. The molecule has 1 fully saturated rings. The monoisotopic (exact) mass is 411 g/mol. The highest BCUT2D eigenvalue weighted by Crippen LogP contribution is 2.33. The number of aliphatic hydroxyl groups excluding tert-OH is 1. The first kappa shape index (κ1) is 18.3. The number of pyridine rings is 1. The molecule has 9 heteroatoms. The van der Waals surface area contributed by atoms with Crippen molar-refractivity contribution in [1.82, 2.24) is 23.8 Å². The molecule has 5 rings (SSSR count). The minimum absolute atomic E-state index is 0.143. The van der Waals surface area contributed by atoms with Crippen molar-refractivity contribution in [1.29, 1.82) is 0 Å². The standard InChI is InChI=1S/C20H21N5O3S/c1-13(26)19-23-17-12-22-20-16(18(17)25(19)14-7-9-21-11-14)8-10-24(20)29(27,28)15-5-3-2-4-6-15/h2-6,8,10,12-14,21,26H,7,9,11H2,1H3/t13-,14-/m1/s1. The van der Waals surface area contributed by atoms with Gasteiger partial charge in [-0.25, -0.2) is 22.4 Å².